The first kappa shape index (κ1) is 20.5. The molecule has 5 heteroatoms. The first-order chi connectivity index (χ1) is 12.8. The van der Waals surface area contributed by atoms with Gasteiger partial charge in [0.1, 0.15) is 11.2 Å². The second kappa shape index (κ2) is 9.21. The molecule has 0 aliphatic heterocycles. The van der Waals surface area contributed by atoms with Crippen LogP contribution in [0, 0.1) is 5.41 Å². The Morgan fingerprint density at radius 2 is 1.63 bits per heavy atom. The van der Waals surface area contributed by atoms with Crippen LogP contribution in [0.3, 0.4) is 0 Å². The maximum absolute atomic E-state index is 12.8. The first-order valence-corrected chi connectivity index (χ1v) is 9.05. The monoisotopic (exact) mass is 368 g/mol. The van der Waals surface area contributed by atoms with Crippen LogP contribution in [0.2, 0.25) is 0 Å². The van der Waals surface area contributed by atoms with Crippen molar-refractivity contribution >= 4 is 11.8 Å². The molecule has 0 bridgehead atoms. The molecule has 0 saturated heterocycles. The Labute approximate surface area is 161 Å². The molecule has 5 nitrogen and oxygen atoms in total. The maximum Gasteiger partial charge on any atom is 0.237 e. The zero-order valence-corrected chi connectivity index (χ0v) is 16.5. The van der Waals surface area contributed by atoms with Crippen LogP contribution in [-0.2, 0) is 22.6 Å². The van der Waals surface area contributed by atoms with Crippen LogP contribution in [0.4, 0.5) is 0 Å². The normalized spacial score (nSPS) is 11.0. The van der Waals surface area contributed by atoms with Crippen LogP contribution in [0.5, 0.6) is 5.75 Å². The summed E-state index contributed by atoms with van der Waals surface area (Å²) in [6.45, 7) is 4.28. The fourth-order valence-corrected chi connectivity index (χ4v) is 2.84. The van der Waals surface area contributed by atoms with Crippen LogP contribution >= 0.6 is 0 Å². The number of methoxy groups -OCH3 is 1. The van der Waals surface area contributed by atoms with E-state index >= 15 is 0 Å². The van der Waals surface area contributed by atoms with E-state index in [0.717, 1.165) is 16.9 Å². The highest BCUT2D eigenvalue weighted by atomic mass is 16.5. The summed E-state index contributed by atoms with van der Waals surface area (Å²) >= 11 is 0. The molecule has 2 aromatic carbocycles. The van der Waals surface area contributed by atoms with Crippen molar-refractivity contribution in [2.45, 2.75) is 26.8 Å². The van der Waals surface area contributed by atoms with Crippen LogP contribution < -0.4 is 10.1 Å². The number of nitrogens with one attached hydrogen (secondary N) is 1. The van der Waals surface area contributed by atoms with Gasteiger partial charge in [0.05, 0.1) is 7.11 Å². The highest BCUT2D eigenvalue weighted by molar-refractivity contribution is 6.04. The van der Waals surface area contributed by atoms with Gasteiger partial charge in [0, 0.05) is 20.1 Å². The Morgan fingerprint density at radius 3 is 2.22 bits per heavy atom. The largest absolute Gasteiger partial charge is 0.497 e. The van der Waals surface area contributed by atoms with E-state index in [1.54, 1.807) is 32.9 Å². The SMILES string of the molecule is COc1ccc(CCNC(=O)C(C)(C)C(=O)N(C)Cc2ccccc2)cc1. The second-order valence-corrected chi connectivity index (χ2v) is 7.13. The van der Waals surface area contributed by atoms with E-state index in [4.69, 9.17) is 4.74 Å². The molecule has 0 saturated carbocycles. The summed E-state index contributed by atoms with van der Waals surface area (Å²) < 4.78 is 5.14. The lowest BCUT2D eigenvalue weighted by Gasteiger charge is -2.28. The number of hydrogen-bond acceptors (Lipinski definition) is 3. The molecule has 0 atom stereocenters. The summed E-state index contributed by atoms with van der Waals surface area (Å²) in [5, 5.41) is 2.88. The number of carbonyl (C=O) groups excluding carboxylic acids is 2. The molecule has 2 rings (SSSR count). The Bertz CT molecular complexity index is 755. The van der Waals surface area contributed by atoms with Gasteiger partial charge in [0.15, 0.2) is 0 Å². The molecule has 2 amide bonds. The Hall–Kier alpha value is -2.82. The molecule has 0 fully saturated rings. The summed E-state index contributed by atoms with van der Waals surface area (Å²) in [6, 6.07) is 17.5. The average Bonchev–Trinajstić information content (AvgIpc) is 2.68. The molecule has 144 valence electrons. The Kier molecular flexibility index (Phi) is 6.99. The smallest absolute Gasteiger partial charge is 0.237 e. The summed E-state index contributed by atoms with van der Waals surface area (Å²) in [7, 11) is 3.35. The van der Waals surface area contributed by atoms with Crippen LogP contribution in [0.25, 0.3) is 0 Å². The Morgan fingerprint density at radius 1 is 1.00 bits per heavy atom. The molecular weight excluding hydrogens is 340 g/mol. The van der Waals surface area contributed by atoms with Gasteiger partial charge in [-0.3, -0.25) is 9.59 Å². The molecule has 0 radical (unpaired) electrons. The number of carbonyl (C=O) groups is 2. The van der Waals surface area contributed by atoms with Crippen molar-refractivity contribution in [3.8, 4) is 5.75 Å². The molecular formula is C22H28N2O3. The minimum Gasteiger partial charge on any atom is -0.497 e. The van der Waals surface area contributed by atoms with Gasteiger partial charge in [-0.05, 0) is 43.5 Å². The number of hydrogen-bond donors (Lipinski definition) is 1. The molecule has 27 heavy (non-hydrogen) atoms. The predicted octanol–water partition coefficient (Wildman–Crippen LogP) is 3.04. The minimum atomic E-state index is -1.12. The van der Waals surface area contributed by atoms with Crippen LogP contribution in [-0.4, -0.2) is 37.4 Å². The van der Waals surface area contributed by atoms with Gasteiger partial charge in [-0.25, -0.2) is 0 Å². The molecule has 0 aliphatic carbocycles. The zero-order valence-electron chi connectivity index (χ0n) is 16.5. The van der Waals surface area contributed by atoms with Crippen molar-refractivity contribution in [2.75, 3.05) is 20.7 Å². The van der Waals surface area contributed by atoms with Crippen LogP contribution in [0.15, 0.2) is 54.6 Å². The van der Waals surface area contributed by atoms with Gasteiger partial charge >= 0.3 is 0 Å². The number of amides is 2. The van der Waals surface area contributed by atoms with Crippen LogP contribution in [0.1, 0.15) is 25.0 Å². The average molecular weight is 368 g/mol. The Balaban J connectivity index is 1.87. The van der Waals surface area contributed by atoms with Gasteiger partial charge in [-0.15, -0.1) is 0 Å². The zero-order chi connectivity index (χ0) is 19.9. The van der Waals surface area contributed by atoms with E-state index in [1.165, 1.54) is 0 Å². The predicted molar refractivity (Wildman–Crippen MR) is 106 cm³/mol. The highest BCUT2D eigenvalue weighted by Gasteiger charge is 2.37. The van der Waals surface area contributed by atoms with Crippen molar-refractivity contribution in [2.24, 2.45) is 5.41 Å². The standard InChI is InChI=1S/C22H28N2O3/c1-22(2,21(26)24(3)16-18-8-6-5-7-9-18)20(25)23-15-14-17-10-12-19(27-4)13-11-17/h5-13H,14-16H2,1-4H3,(H,23,25). The minimum absolute atomic E-state index is 0.201. The summed E-state index contributed by atoms with van der Waals surface area (Å²) in [6.07, 6.45) is 0.694. The third-order valence-corrected chi connectivity index (χ3v) is 4.57. The number of ether oxygens (including phenoxy) is 1. The number of rotatable bonds is 8. The van der Waals surface area contributed by atoms with E-state index in [-0.39, 0.29) is 11.8 Å². The summed E-state index contributed by atoms with van der Waals surface area (Å²) in [4.78, 5) is 26.9. The summed E-state index contributed by atoms with van der Waals surface area (Å²) in [5.41, 5.74) is 1.01. The third-order valence-electron chi connectivity index (χ3n) is 4.57. The fraction of sp³-hybridized carbons (Fsp3) is 0.364. The number of nitrogens with zero attached hydrogens (tertiary/aromatic N) is 1. The molecule has 0 unspecified atom stereocenters. The lowest BCUT2D eigenvalue weighted by atomic mass is 9.90. The topological polar surface area (TPSA) is 58.6 Å². The van der Waals surface area contributed by atoms with E-state index in [9.17, 15) is 9.59 Å². The third kappa shape index (κ3) is 5.58. The molecule has 0 aliphatic rings. The second-order valence-electron chi connectivity index (χ2n) is 7.13. The maximum atomic E-state index is 12.8. The lowest BCUT2D eigenvalue weighted by molar-refractivity contribution is -0.148. The number of benzene rings is 2. The lowest BCUT2D eigenvalue weighted by Crippen LogP contribution is -2.48. The van der Waals surface area contributed by atoms with Gasteiger partial charge in [0.2, 0.25) is 11.8 Å². The van der Waals surface area contributed by atoms with Gasteiger partial charge in [-0.2, -0.15) is 0 Å². The van der Waals surface area contributed by atoms with E-state index < -0.39 is 5.41 Å². The molecule has 0 aromatic heterocycles. The first-order valence-electron chi connectivity index (χ1n) is 9.05. The van der Waals surface area contributed by atoms with Crippen molar-refractivity contribution in [1.29, 1.82) is 0 Å². The fourth-order valence-electron chi connectivity index (χ4n) is 2.84. The van der Waals surface area contributed by atoms with Gasteiger partial charge in [-0.1, -0.05) is 42.5 Å². The quantitative estimate of drug-likeness (QED) is 0.729. The van der Waals surface area contributed by atoms with E-state index in [2.05, 4.69) is 5.32 Å². The highest BCUT2D eigenvalue weighted by Crippen LogP contribution is 2.20. The molecule has 0 heterocycles. The van der Waals surface area contributed by atoms with Crippen molar-refractivity contribution in [3.63, 3.8) is 0 Å². The van der Waals surface area contributed by atoms with E-state index in [0.29, 0.717) is 19.5 Å². The summed E-state index contributed by atoms with van der Waals surface area (Å²) in [5.74, 6) is 0.338. The molecule has 1 N–H and O–H groups in total. The van der Waals surface area contributed by atoms with Gasteiger partial charge < -0.3 is 15.0 Å². The van der Waals surface area contributed by atoms with Gasteiger partial charge in [0.25, 0.3) is 0 Å². The van der Waals surface area contributed by atoms with Crippen molar-refractivity contribution < 1.29 is 14.3 Å². The van der Waals surface area contributed by atoms with Crippen molar-refractivity contribution in [1.82, 2.24) is 10.2 Å². The van der Waals surface area contributed by atoms with Crippen molar-refractivity contribution in [3.05, 3.63) is 65.7 Å². The molecule has 0 spiro atoms. The van der Waals surface area contributed by atoms with E-state index in [1.807, 2.05) is 54.6 Å². The molecule has 2 aromatic rings.